The van der Waals surface area contributed by atoms with Gasteiger partial charge in [0.25, 0.3) is 0 Å². The van der Waals surface area contributed by atoms with Crippen molar-refractivity contribution in [1.82, 2.24) is 0 Å². The molecule has 2 fully saturated rings. The molecule has 1 aromatic rings. The molecule has 4 atom stereocenters. The highest BCUT2D eigenvalue weighted by molar-refractivity contribution is 7.99. The molecule has 0 aliphatic carbocycles. The third kappa shape index (κ3) is 6.56. The fourth-order valence-electron chi connectivity index (χ4n) is 4.35. The van der Waals surface area contributed by atoms with Crippen LogP contribution in [0.2, 0.25) is 0 Å². The van der Waals surface area contributed by atoms with Crippen molar-refractivity contribution >= 4 is 17.7 Å². The summed E-state index contributed by atoms with van der Waals surface area (Å²) in [4.78, 5) is 10.5. The van der Waals surface area contributed by atoms with E-state index >= 15 is 0 Å². The first kappa shape index (κ1) is 21.3. The van der Waals surface area contributed by atoms with E-state index in [0.717, 1.165) is 43.1 Å². The van der Waals surface area contributed by atoms with Gasteiger partial charge in [-0.05, 0) is 68.2 Å². The molecule has 4 nitrogen and oxygen atoms in total. The Hall–Kier alpha value is -1.46. The number of benzene rings is 1. The fourth-order valence-corrected chi connectivity index (χ4v) is 5.45. The number of thioether (sulfide) groups is 1. The van der Waals surface area contributed by atoms with Gasteiger partial charge in [0, 0.05) is 12.2 Å². The lowest BCUT2D eigenvalue weighted by molar-refractivity contribution is -0.137. The maximum atomic E-state index is 10.5. The second-order valence-electron chi connectivity index (χ2n) is 7.69. The number of allylic oxidation sites excluding steroid dienone is 2. The lowest BCUT2D eigenvalue weighted by Gasteiger charge is -2.27. The zero-order chi connectivity index (χ0) is 19.6. The Labute approximate surface area is 172 Å². The summed E-state index contributed by atoms with van der Waals surface area (Å²) in [7, 11) is 0. The van der Waals surface area contributed by atoms with E-state index < -0.39 is 5.97 Å². The largest absolute Gasteiger partial charge is 0.493 e. The normalized spacial score (nSPS) is 26.1. The Balaban J connectivity index is 1.32. The molecule has 1 N–H and O–H groups in total. The number of hydrogen-bond acceptors (Lipinski definition) is 4. The molecule has 1 aromatic carbocycles. The molecule has 2 saturated heterocycles. The van der Waals surface area contributed by atoms with Crippen molar-refractivity contribution in [2.24, 2.45) is 11.8 Å². The fraction of sp³-hybridized carbons (Fsp3) is 0.609. The molecule has 154 valence electrons. The molecule has 0 saturated carbocycles. The second-order valence-corrected chi connectivity index (χ2v) is 8.84. The average molecular weight is 405 g/mol. The minimum atomic E-state index is -0.706. The first-order chi connectivity index (χ1) is 13.7. The summed E-state index contributed by atoms with van der Waals surface area (Å²) in [5, 5.41) is 8.66. The summed E-state index contributed by atoms with van der Waals surface area (Å²) < 4.78 is 12.0. The average Bonchev–Trinajstić information content (AvgIpc) is 3.29. The zero-order valence-corrected chi connectivity index (χ0v) is 17.3. The van der Waals surface area contributed by atoms with Crippen LogP contribution in [0.25, 0.3) is 0 Å². The quantitative estimate of drug-likeness (QED) is 0.362. The van der Waals surface area contributed by atoms with Gasteiger partial charge in [0.15, 0.2) is 0 Å². The molecule has 28 heavy (non-hydrogen) atoms. The third-order valence-electron chi connectivity index (χ3n) is 5.73. The van der Waals surface area contributed by atoms with Gasteiger partial charge in [0.05, 0.1) is 18.8 Å². The second kappa shape index (κ2) is 11.5. The van der Waals surface area contributed by atoms with Crippen molar-refractivity contribution in [1.29, 1.82) is 0 Å². The molecule has 0 amide bonds. The van der Waals surface area contributed by atoms with Crippen LogP contribution in [-0.4, -0.2) is 41.4 Å². The highest BCUT2D eigenvalue weighted by atomic mass is 32.2. The van der Waals surface area contributed by atoms with Gasteiger partial charge in [-0.3, -0.25) is 4.79 Å². The summed E-state index contributed by atoms with van der Waals surface area (Å²) >= 11 is 1.99. The molecule has 0 radical (unpaired) electrons. The molecule has 0 unspecified atom stereocenters. The van der Waals surface area contributed by atoms with E-state index in [4.69, 9.17) is 14.6 Å². The van der Waals surface area contributed by atoms with Gasteiger partial charge in [-0.25, -0.2) is 0 Å². The van der Waals surface area contributed by atoms with Gasteiger partial charge in [-0.2, -0.15) is 11.8 Å². The Bertz CT molecular complexity index is 618. The van der Waals surface area contributed by atoms with Crippen LogP contribution in [0.15, 0.2) is 42.5 Å². The molecule has 2 heterocycles. The Morgan fingerprint density at radius 1 is 1.14 bits per heavy atom. The minimum Gasteiger partial charge on any atom is -0.493 e. The van der Waals surface area contributed by atoms with Gasteiger partial charge < -0.3 is 14.6 Å². The summed E-state index contributed by atoms with van der Waals surface area (Å²) in [6, 6.07) is 10.0. The number of unbranched alkanes of at least 4 members (excludes halogenated alkanes) is 1. The van der Waals surface area contributed by atoms with Crippen LogP contribution < -0.4 is 4.74 Å². The zero-order valence-electron chi connectivity index (χ0n) is 16.5. The van der Waals surface area contributed by atoms with Gasteiger partial charge in [0.1, 0.15) is 5.75 Å². The Morgan fingerprint density at radius 3 is 2.68 bits per heavy atom. The van der Waals surface area contributed by atoms with Crippen LogP contribution in [0.3, 0.4) is 0 Å². The standard InChI is InChI=1S/C23H32O4S/c24-23(25)12-8-3-1-2-7-11-19-20(22-14-13-21(19)27-22)17-28-16-15-26-18-9-5-4-6-10-18/h1-2,4-6,9-10,19-22H,3,7-8,11-17H2,(H,24,25)/b2-1-/t19-,20+,21-,22+/m0/s1. The molecular weight excluding hydrogens is 372 g/mol. The SMILES string of the molecule is O=C(O)CCC/C=C\CC[C@H]1[C@@H](CSCCOc2ccccc2)[C@H]2CC[C@@H]1O2. The molecule has 2 aliphatic heterocycles. The first-order valence-electron chi connectivity index (χ1n) is 10.5. The number of fused-ring (bicyclic) bond motifs is 2. The van der Waals surface area contributed by atoms with Gasteiger partial charge in [-0.15, -0.1) is 0 Å². The summed E-state index contributed by atoms with van der Waals surface area (Å²) in [5.41, 5.74) is 0. The first-order valence-corrected chi connectivity index (χ1v) is 11.7. The van der Waals surface area contributed by atoms with Crippen molar-refractivity contribution < 1.29 is 19.4 Å². The number of aliphatic carboxylic acids is 1. The van der Waals surface area contributed by atoms with E-state index in [1.54, 1.807) is 0 Å². The van der Waals surface area contributed by atoms with E-state index in [1.165, 1.54) is 19.3 Å². The summed E-state index contributed by atoms with van der Waals surface area (Å²) in [5.74, 6) is 3.75. The Kier molecular flexibility index (Phi) is 8.74. The number of para-hydroxylation sites is 1. The minimum absolute atomic E-state index is 0.262. The van der Waals surface area contributed by atoms with E-state index in [-0.39, 0.29) is 6.42 Å². The van der Waals surface area contributed by atoms with E-state index in [9.17, 15) is 4.79 Å². The Morgan fingerprint density at radius 2 is 1.89 bits per heavy atom. The molecule has 2 aliphatic rings. The van der Waals surface area contributed by atoms with Crippen molar-refractivity contribution in [2.45, 2.75) is 57.2 Å². The number of rotatable bonds is 13. The van der Waals surface area contributed by atoms with Crippen LogP contribution in [0.1, 0.15) is 44.9 Å². The van der Waals surface area contributed by atoms with E-state index in [1.807, 2.05) is 42.1 Å². The summed E-state index contributed by atoms with van der Waals surface area (Å²) in [6.07, 6.45) is 11.8. The van der Waals surface area contributed by atoms with Crippen LogP contribution >= 0.6 is 11.8 Å². The highest BCUT2D eigenvalue weighted by Crippen LogP contribution is 2.46. The molecular formula is C23H32O4S. The van der Waals surface area contributed by atoms with Crippen LogP contribution in [0.4, 0.5) is 0 Å². The predicted octanol–water partition coefficient (Wildman–Crippen LogP) is 5.18. The molecule has 3 rings (SSSR count). The number of carbonyl (C=O) groups is 1. The van der Waals surface area contributed by atoms with Gasteiger partial charge >= 0.3 is 5.97 Å². The highest BCUT2D eigenvalue weighted by Gasteiger charge is 2.47. The van der Waals surface area contributed by atoms with Crippen LogP contribution in [-0.2, 0) is 9.53 Å². The molecule has 0 spiro atoms. The smallest absolute Gasteiger partial charge is 0.303 e. The maximum absolute atomic E-state index is 10.5. The van der Waals surface area contributed by atoms with E-state index in [0.29, 0.717) is 24.0 Å². The summed E-state index contributed by atoms with van der Waals surface area (Å²) in [6.45, 7) is 0.750. The molecule has 0 aromatic heterocycles. The number of hydrogen-bond donors (Lipinski definition) is 1. The third-order valence-corrected chi connectivity index (χ3v) is 6.81. The lowest BCUT2D eigenvalue weighted by Crippen LogP contribution is -2.29. The van der Waals surface area contributed by atoms with Gasteiger partial charge in [0.2, 0.25) is 0 Å². The molecule has 5 heteroatoms. The monoisotopic (exact) mass is 404 g/mol. The van der Waals surface area contributed by atoms with Crippen molar-refractivity contribution in [2.75, 3.05) is 18.1 Å². The topological polar surface area (TPSA) is 55.8 Å². The maximum Gasteiger partial charge on any atom is 0.303 e. The lowest BCUT2D eigenvalue weighted by atomic mass is 9.78. The van der Waals surface area contributed by atoms with E-state index in [2.05, 4.69) is 12.2 Å². The van der Waals surface area contributed by atoms with Crippen molar-refractivity contribution in [3.8, 4) is 5.75 Å². The van der Waals surface area contributed by atoms with Crippen molar-refractivity contribution in [3.05, 3.63) is 42.5 Å². The predicted molar refractivity (Wildman–Crippen MR) is 114 cm³/mol. The van der Waals surface area contributed by atoms with Crippen molar-refractivity contribution in [3.63, 3.8) is 0 Å². The number of carboxylic acid groups (broad SMARTS) is 1. The molecule has 2 bridgehead atoms. The number of ether oxygens (including phenoxy) is 2. The number of carboxylic acids is 1. The van der Waals surface area contributed by atoms with Crippen LogP contribution in [0.5, 0.6) is 5.75 Å². The van der Waals surface area contributed by atoms with Gasteiger partial charge in [-0.1, -0.05) is 30.4 Å². The van der Waals surface area contributed by atoms with Crippen LogP contribution in [0, 0.1) is 11.8 Å².